The van der Waals surface area contributed by atoms with Crippen molar-refractivity contribution >= 4 is 22.4 Å². The highest BCUT2D eigenvalue weighted by Crippen LogP contribution is 2.44. The van der Waals surface area contributed by atoms with Gasteiger partial charge in [-0.3, -0.25) is 9.69 Å². The topological polar surface area (TPSA) is 54.7 Å². The lowest BCUT2D eigenvalue weighted by Crippen LogP contribution is -2.44. The fourth-order valence-corrected chi connectivity index (χ4v) is 5.88. The normalized spacial score (nSPS) is 26.7. The van der Waals surface area contributed by atoms with Crippen LogP contribution in [0.3, 0.4) is 0 Å². The van der Waals surface area contributed by atoms with E-state index in [1.807, 2.05) is 6.08 Å². The molecule has 1 N–H and O–H groups in total. The van der Waals surface area contributed by atoms with Gasteiger partial charge in [-0.2, -0.15) is 0 Å². The van der Waals surface area contributed by atoms with Crippen molar-refractivity contribution in [1.82, 2.24) is 9.47 Å². The van der Waals surface area contributed by atoms with Crippen LogP contribution in [-0.2, 0) is 22.4 Å². The minimum absolute atomic E-state index is 0.243. The molecule has 2 aliphatic heterocycles. The molecule has 5 rings (SSSR count). The lowest BCUT2D eigenvalue weighted by molar-refractivity contribution is -0.140. The van der Waals surface area contributed by atoms with Crippen molar-refractivity contribution in [3.05, 3.63) is 41.1 Å². The first-order chi connectivity index (χ1) is 14.5. The van der Waals surface area contributed by atoms with E-state index in [1.54, 1.807) is 0 Å². The molecule has 1 unspecified atom stereocenters. The molecular formula is C25H32N2O3. The maximum Gasteiger partial charge on any atom is 0.311 e. The van der Waals surface area contributed by atoms with E-state index < -0.39 is 11.9 Å². The van der Waals surface area contributed by atoms with Crippen molar-refractivity contribution in [3.63, 3.8) is 0 Å². The van der Waals surface area contributed by atoms with Gasteiger partial charge in [0.15, 0.2) is 0 Å². The molecule has 0 spiro atoms. The number of ether oxygens (including phenoxy) is 1. The van der Waals surface area contributed by atoms with Gasteiger partial charge in [-0.15, -0.1) is 0 Å². The Balaban J connectivity index is 1.69. The van der Waals surface area contributed by atoms with Crippen LogP contribution in [0.2, 0.25) is 0 Å². The van der Waals surface area contributed by atoms with E-state index in [0.29, 0.717) is 18.7 Å². The van der Waals surface area contributed by atoms with Gasteiger partial charge in [0, 0.05) is 48.3 Å². The second-order valence-electron chi connectivity index (χ2n) is 9.51. The molecular weight excluding hydrogens is 376 g/mol. The molecule has 30 heavy (non-hydrogen) atoms. The number of aliphatic carboxylic acids is 1. The number of carboxylic acid groups (broad SMARTS) is 1. The van der Waals surface area contributed by atoms with Crippen molar-refractivity contribution in [3.8, 4) is 0 Å². The van der Waals surface area contributed by atoms with Gasteiger partial charge in [-0.05, 0) is 69.3 Å². The molecule has 1 aromatic heterocycles. The van der Waals surface area contributed by atoms with E-state index in [2.05, 4.69) is 48.6 Å². The second-order valence-corrected chi connectivity index (χ2v) is 9.51. The number of rotatable bonds is 4. The molecule has 5 heteroatoms. The number of aromatic nitrogens is 1. The van der Waals surface area contributed by atoms with Crippen LogP contribution in [-0.4, -0.2) is 52.9 Å². The summed E-state index contributed by atoms with van der Waals surface area (Å²) in [7, 11) is 2.07. The largest absolute Gasteiger partial charge is 0.481 e. The molecule has 3 atom stereocenters. The summed E-state index contributed by atoms with van der Waals surface area (Å²) in [4.78, 5) is 14.0. The molecule has 160 valence electrons. The molecule has 5 nitrogen and oxygen atoms in total. The van der Waals surface area contributed by atoms with E-state index in [1.165, 1.54) is 46.1 Å². The Morgan fingerprint density at radius 3 is 2.83 bits per heavy atom. The van der Waals surface area contributed by atoms with Crippen LogP contribution in [0.1, 0.15) is 56.0 Å². The third-order valence-electron chi connectivity index (χ3n) is 7.24. The van der Waals surface area contributed by atoms with Crippen molar-refractivity contribution in [2.75, 3.05) is 20.2 Å². The highest BCUT2D eigenvalue weighted by Gasteiger charge is 2.38. The summed E-state index contributed by atoms with van der Waals surface area (Å²) >= 11 is 0. The van der Waals surface area contributed by atoms with E-state index in [4.69, 9.17) is 4.74 Å². The zero-order chi connectivity index (χ0) is 21.0. The average Bonchev–Trinajstić information content (AvgIpc) is 3.04. The summed E-state index contributed by atoms with van der Waals surface area (Å²) in [5, 5.41) is 11.0. The molecule has 0 amide bonds. The predicted octanol–water partition coefficient (Wildman–Crippen LogP) is 4.29. The summed E-state index contributed by atoms with van der Waals surface area (Å²) in [5.74, 6) is -1.18. The molecule has 0 bridgehead atoms. The number of carbonyl (C=O) groups is 1. The SMILES string of the molecule is CC(C)n1c(CC2CCCCO2)c2c3c(cccc31)C1=C[C@@H](C(=O)O)CN(C)[C@@H]1C2. The van der Waals surface area contributed by atoms with Gasteiger partial charge in [-0.1, -0.05) is 18.2 Å². The Bertz CT molecular complexity index is 1010. The summed E-state index contributed by atoms with van der Waals surface area (Å²) in [6.45, 7) is 5.97. The molecule has 1 aliphatic carbocycles. The van der Waals surface area contributed by atoms with E-state index >= 15 is 0 Å². The standard InChI is InChI=1S/C25H32N2O3/c1-15(2)27-21-9-6-8-18-19-11-16(25(28)29)14-26(3)22(19)13-20(24(18)21)23(27)12-17-7-4-5-10-30-17/h6,8-9,11,15-17,22H,4-5,7,10,12-14H2,1-3H3,(H,28,29)/t16-,17?,22-/m1/s1. The van der Waals surface area contributed by atoms with Gasteiger partial charge in [0.2, 0.25) is 0 Å². The van der Waals surface area contributed by atoms with Crippen molar-refractivity contribution in [2.45, 2.75) is 64.1 Å². The zero-order valence-corrected chi connectivity index (χ0v) is 18.2. The van der Waals surface area contributed by atoms with E-state index in [-0.39, 0.29) is 6.04 Å². The van der Waals surface area contributed by atoms with Crippen LogP contribution >= 0.6 is 0 Å². The smallest absolute Gasteiger partial charge is 0.311 e. The van der Waals surface area contributed by atoms with Crippen molar-refractivity contribution < 1.29 is 14.6 Å². The van der Waals surface area contributed by atoms with Crippen molar-refractivity contribution in [2.24, 2.45) is 5.92 Å². The summed E-state index contributed by atoms with van der Waals surface area (Å²) in [6.07, 6.45) is 7.80. The minimum atomic E-state index is -0.736. The lowest BCUT2D eigenvalue weighted by atomic mass is 9.79. The third-order valence-corrected chi connectivity index (χ3v) is 7.24. The molecule has 1 fully saturated rings. The van der Waals surface area contributed by atoms with Gasteiger partial charge >= 0.3 is 5.97 Å². The fourth-order valence-electron chi connectivity index (χ4n) is 5.88. The highest BCUT2D eigenvalue weighted by molar-refractivity contribution is 6.00. The maximum absolute atomic E-state index is 11.7. The quantitative estimate of drug-likeness (QED) is 0.820. The molecule has 1 saturated heterocycles. The Kier molecular flexibility index (Phi) is 4.98. The first kappa shape index (κ1) is 19.8. The van der Waals surface area contributed by atoms with Crippen molar-refractivity contribution in [1.29, 1.82) is 0 Å². The van der Waals surface area contributed by atoms with Crippen LogP contribution < -0.4 is 0 Å². The van der Waals surface area contributed by atoms with Gasteiger partial charge in [0.25, 0.3) is 0 Å². The number of fused-ring (bicyclic) bond motifs is 2. The summed E-state index contributed by atoms with van der Waals surface area (Å²) in [6, 6.07) is 7.17. The molecule has 0 radical (unpaired) electrons. The van der Waals surface area contributed by atoms with Gasteiger partial charge < -0.3 is 14.4 Å². The zero-order valence-electron chi connectivity index (χ0n) is 18.2. The first-order valence-corrected chi connectivity index (χ1v) is 11.4. The fraction of sp³-hybridized carbons (Fsp3) is 0.560. The number of benzene rings is 1. The van der Waals surface area contributed by atoms with Gasteiger partial charge in [0.05, 0.1) is 12.0 Å². The molecule has 3 heterocycles. The van der Waals surface area contributed by atoms with E-state index in [0.717, 1.165) is 25.9 Å². The highest BCUT2D eigenvalue weighted by atomic mass is 16.5. The lowest BCUT2D eigenvalue weighted by Gasteiger charge is -2.39. The summed E-state index contributed by atoms with van der Waals surface area (Å²) < 4.78 is 8.64. The van der Waals surface area contributed by atoms with Crippen LogP contribution in [0, 0.1) is 5.92 Å². The van der Waals surface area contributed by atoms with Crippen LogP contribution in [0.25, 0.3) is 16.5 Å². The molecule has 1 aromatic carbocycles. The summed E-state index contributed by atoms with van der Waals surface area (Å²) in [5.41, 5.74) is 6.57. The number of nitrogens with zero attached hydrogens (tertiary/aromatic N) is 2. The molecule has 2 aromatic rings. The Morgan fingerprint density at radius 2 is 2.13 bits per heavy atom. The number of hydrogen-bond donors (Lipinski definition) is 1. The minimum Gasteiger partial charge on any atom is -0.481 e. The Labute approximate surface area is 178 Å². The van der Waals surface area contributed by atoms with E-state index in [9.17, 15) is 9.90 Å². The molecule has 3 aliphatic rings. The van der Waals surface area contributed by atoms with Gasteiger partial charge in [0.1, 0.15) is 0 Å². The number of likely N-dealkylation sites (N-methyl/N-ethyl adjacent to an activating group) is 1. The van der Waals surface area contributed by atoms with Gasteiger partial charge in [-0.25, -0.2) is 0 Å². The number of hydrogen-bond acceptors (Lipinski definition) is 3. The number of carboxylic acids is 1. The third kappa shape index (κ3) is 3.10. The molecule has 0 saturated carbocycles. The predicted molar refractivity (Wildman–Crippen MR) is 119 cm³/mol. The maximum atomic E-state index is 11.7. The Morgan fingerprint density at radius 1 is 1.30 bits per heavy atom. The monoisotopic (exact) mass is 408 g/mol. The Hall–Kier alpha value is -2.11. The van der Waals surface area contributed by atoms with Crippen LogP contribution in [0.15, 0.2) is 24.3 Å². The second kappa shape index (κ2) is 7.54. The van der Waals surface area contributed by atoms with Crippen LogP contribution in [0.5, 0.6) is 0 Å². The average molecular weight is 409 g/mol. The van der Waals surface area contributed by atoms with Crippen LogP contribution in [0.4, 0.5) is 0 Å². The first-order valence-electron chi connectivity index (χ1n) is 11.4.